The Balaban J connectivity index is 3.58. The van der Waals surface area contributed by atoms with Crippen LogP contribution in [0.1, 0.15) is 0 Å². The molecule has 0 saturated heterocycles. The molecule has 11 heteroatoms. The predicted octanol–water partition coefficient (Wildman–Crippen LogP) is -3.69. The van der Waals surface area contributed by atoms with Gasteiger partial charge in [-0.05, 0) is 0 Å². The molecule has 1 aromatic carbocycles. The molecule has 0 radical (unpaired) electrons. The third kappa shape index (κ3) is 2.42. The van der Waals surface area contributed by atoms with Gasteiger partial charge in [-0.1, -0.05) is 0 Å². The van der Waals surface area contributed by atoms with E-state index >= 15 is 0 Å². The van der Waals surface area contributed by atoms with Gasteiger partial charge in [0.25, 0.3) is 17.2 Å². The van der Waals surface area contributed by atoms with E-state index in [0.29, 0.717) is 6.07 Å². The van der Waals surface area contributed by atoms with Crippen molar-refractivity contribution < 1.29 is 41.5 Å². The summed E-state index contributed by atoms with van der Waals surface area (Å²) in [5, 5.41) is 71.3. The number of phenols is 2. The van der Waals surface area contributed by atoms with Gasteiger partial charge in [0.05, 0.1) is 6.07 Å². The Bertz CT molecular complexity index is 388. The molecule has 17 heavy (non-hydrogen) atoms. The number of quaternary nitrogens is 3. The van der Waals surface area contributed by atoms with Crippen molar-refractivity contribution in [3.05, 3.63) is 21.7 Å². The van der Waals surface area contributed by atoms with Gasteiger partial charge in [-0.3, -0.25) is 0 Å². The van der Waals surface area contributed by atoms with Crippen LogP contribution in [0, 0.1) is 15.6 Å². The van der Waals surface area contributed by atoms with Crippen molar-refractivity contribution in [2.75, 3.05) is 0 Å². The summed E-state index contributed by atoms with van der Waals surface area (Å²) >= 11 is 0. The summed E-state index contributed by atoms with van der Waals surface area (Å²) in [5.41, 5.74) is -3.00. The van der Waals surface area contributed by atoms with Crippen LogP contribution in [-0.2, 0) is 0 Å². The minimum absolute atomic E-state index is 0.474. The highest BCUT2D eigenvalue weighted by atomic mass is 16.8. The van der Waals surface area contributed by atoms with E-state index in [2.05, 4.69) is 0 Å². The van der Waals surface area contributed by atoms with Gasteiger partial charge in [-0.25, -0.2) is 15.6 Å². The molecule has 1 rings (SSSR count). The fourth-order valence-corrected chi connectivity index (χ4v) is 1.19. The first-order chi connectivity index (χ1) is 7.77. The molecule has 96 valence electrons. The Morgan fingerprint density at radius 1 is 0.765 bits per heavy atom. The number of nitrogens with one attached hydrogen (secondary N) is 3. The van der Waals surface area contributed by atoms with Crippen LogP contribution in [0.2, 0.25) is 0 Å². The van der Waals surface area contributed by atoms with E-state index in [4.69, 9.17) is 15.6 Å². The fraction of sp³-hybridized carbons (Fsp3) is 0. The zero-order valence-electron chi connectivity index (χ0n) is 8.04. The van der Waals surface area contributed by atoms with Crippen molar-refractivity contribution in [3.63, 3.8) is 0 Å². The van der Waals surface area contributed by atoms with Gasteiger partial charge < -0.3 is 25.8 Å². The predicted molar refractivity (Wildman–Crippen MR) is 47.1 cm³/mol. The maximum Gasteiger partial charge on any atom is 0.261 e. The van der Waals surface area contributed by atoms with Gasteiger partial charge in [-0.15, -0.1) is 0 Å². The van der Waals surface area contributed by atoms with Crippen molar-refractivity contribution in [1.82, 2.24) is 0 Å². The molecule has 0 aromatic heterocycles. The van der Waals surface area contributed by atoms with E-state index in [9.17, 15) is 25.8 Å². The minimum atomic E-state index is -1.84. The second kappa shape index (κ2) is 4.76. The van der Waals surface area contributed by atoms with Gasteiger partial charge in [0, 0.05) is 0 Å². The van der Waals surface area contributed by atoms with Crippen LogP contribution >= 0.6 is 0 Å². The van der Waals surface area contributed by atoms with Crippen molar-refractivity contribution in [3.8, 4) is 11.5 Å². The van der Waals surface area contributed by atoms with E-state index in [1.165, 1.54) is 0 Å². The number of rotatable bonds is 3. The maximum absolute atomic E-state index is 10.7. The molecule has 1 aromatic rings. The van der Waals surface area contributed by atoms with E-state index in [-0.39, 0.29) is 0 Å². The Morgan fingerprint density at radius 3 is 1.35 bits per heavy atom. The normalized spacial score (nSPS) is 16.6. The Hall–Kier alpha value is -1.54. The minimum Gasteiger partial charge on any atom is -0.595 e. The molecular formula is C6H9N3O8. The monoisotopic (exact) mass is 251 g/mol. The molecule has 3 atom stereocenters. The summed E-state index contributed by atoms with van der Waals surface area (Å²) in [6, 6.07) is 0.474. The second-order valence-corrected chi connectivity index (χ2v) is 2.96. The molecule has 0 aliphatic carbocycles. The fourth-order valence-electron chi connectivity index (χ4n) is 1.19. The van der Waals surface area contributed by atoms with Crippen molar-refractivity contribution >= 4 is 17.1 Å². The highest BCUT2D eigenvalue weighted by Crippen LogP contribution is 2.39. The van der Waals surface area contributed by atoms with E-state index in [1.807, 2.05) is 0 Å². The molecule has 8 N–H and O–H groups in total. The molecule has 0 fully saturated rings. The lowest BCUT2D eigenvalue weighted by atomic mass is 10.2. The molecule has 0 bridgehead atoms. The lowest BCUT2D eigenvalue weighted by Gasteiger charge is -2.21. The molecule has 0 spiro atoms. The first-order valence-electron chi connectivity index (χ1n) is 4.06. The number of hydrogen-bond donors (Lipinski definition) is 8. The molecular weight excluding hydrogens is 242 g/mol. The average molecular weight is 251 g/mol. The Kier molecular flexibility index (Phi) is 3.79. The zero-order chi connectivity index (χ0) is 13.3. The average Bonchev–Trinajstić information content (AvgIpc) is 2.15. The van der Waals surface area contributed by atoms with E-state index < -0.39 is 44.2 Å². The number of aromatic hydroxyl groups is 2. The third-order valence-electron chi connectivity index (χ3n) is 1.95. The summed E-state index contributed by atoms with van der Waals surface area (Å²) in [6.45, 7) is 0. The molecule has 0 amide bonds. The summed E-state index contributed by atoms with van der Waals surface area (Å²) in [5.74, 6) is -2.40. The standard InChI is InChI=1S/C6H9N3O8/c10-5-2(7(12)13)1-3(8(14)15)6(11)4(5)9(16)17/h1,7-12,14,16H. The van der Waals surface area contributed by atoms with Crippen LogP contribution in [0.25, 0.3) is 0 Å². The smallest absolute Gasteiger partial charge is 0.261 e. The van der Waals surface area contributed by atoms with E-state index in [0.717, 1.165) is 0 Å². The first-order valence-corrected chi connectivity index (χ1v) is 4.06. The Labute approximate surface area is 92.8 Å². The van der Waals surface area contributed by atoms with Gasteiger partial charge in [0.1, 0.15) is 0 Å². The van der Waals surface area contributed by atoms with Crippen molar-refractivity contribution in [2.24, 2.45) is 0 Å². The molecule has 3 unspecified atom stereocenters. The summed E-state index contributed by atoms with van der Waals surface area (Å²) in [7, 11) is 0. The van der Waals surface area contributed by atoms with Crippen LogP contribution in [0.4, 0.5) is 17.1 Å². The second-order valence-electron chi connectivity index (χ2n) is 2.96. The van der Waals surface area contributed by atoms with Gasteiger partial charge in [-0.2, -0.15) is 15.7 Å². The van der Waals surface area contributed by atoms with E-state index in [1.54, 1.807) is 0 Å². The van der Waals surface area contributed by atoms with Crippen molar-refractivity contribution in [1.29, 1.82) is 0 Å². The molecule has 0 heterocycles. The summed E-state index contributed by atoms with van der Waals surface area (Å²) in [4.78, 5) is 0. The lowest BCUT2D eigenvalue weighted by Crippen LogP contribution is -3.02. The van der Waals surface area contributed by atoms with Crippen LogP contribution in [-0.4, -0.2) is 25.8 Å². The van der Waals surface area contributed by atoms with Crippen LogP contribution in [0.5, 0.6) is 11.5 Å². The number of benzene rings is 1. The quantitative estimate of drug-likeness (QED) is 0.153. The summed E-state index contributed by atoms with van der Waals surface area (Å²) in [6.07, 6.45) is 0. The maximum atomic E-state index is 10.7. The number of phenolic OH excluding ortho intramolecular Hbond substituents is 2. The molecule has 0 aliphatic heterocycles. The van der Waals surface area contributed by atoms with Gasteiger partial charge in [0.2, 0.25) is 11.4 Å². The van der Waals surface area contributed by atoms with Crippen LogP contribution in [0.3, 0.4) is 0 Å². The largest absolute Gasteiger partial charge is 0.595 e. The first kappa shape index (κ1) is 13.5. The van der Waals surface area contributed by atoms with Gasteiger partial charge in [0.15, 0.2) is 0 Å². The third-order valence-corrected chi connectivity index (χ3v) is 1.95. The zero-order valence-corrected chi connectivity index (χ0v) is 8.04. The van der Waals surface area contributed by atoms with Crippen molar-refractivity contribution in [2.45, 2.75) is 0 Å². The highest BCUT2D eigenvalue weighted by Gasteiger charge is 2.29. The topological polar surface area (TPSA) is 184 Å². The number of hydrogen-bond acceptors (Lipinski definition) is 8. The summed E-state index contributed by atoms with van der Waals surface area (Å²) < 4.78 is 0. The van der Waals surface area contributed by atoms with Crippen LogP contribution in [0.15, 0.2) is 6.07 Å². The highest BCUT2D eigenvalue weighted by molar-refractivity contribution is 5.72. The molecule has 11 nitrogen and oxygen atoms in total. The lowest BCUT2D eigenvalue weighted by molar-refractivity contribution is -1.00. The SMILES string of the molecule is [O-][NH+](O)c1cc([NH+]([O-])O)c(O)c([NH+]([O-])O)c1O. The molecule has 0 aliphatic rings. The Morgan fingerprint density at radius 2 is 1.12 bits per heavy atom. The van der Waals surface area contributed by atoms with Crippen LogP contribution < -0.4 is 15.7 Å². The van der Waals surface area contributed by atoms with Gasteiger partial charge >= 0.3 is 0 Å². The molecule has 0 saturated carbocycles.